The number of ether oxygens (including phenoxy) is 1. The van der Waals surface area contributed by atoms with Crippen molar-refractivity contribution in [2.24, 2.45) is 0 Å². The SMILES string of the molecule is CC(C)(C)OC(=O)c1cnn(C2CC2)c1N. The minimum absolute atomic E-state index is 0.363. The molecule has 1 aromatic heterocycles. The first-order valence-electron chi connectivity index (χ1n) is 5.45. The maximum Gasteiger partial charge on any atom is 0.344 e. The molecule has 1 aliphatic rings. The average molecular weight is 223 g/mol. The summed E-state index contributed by atoms with van der Waals surface area (Å²) < 4.78 is 6.95. The van der Waals surface area contributed by atoms with Gasteiger partial charge in [0.05, 0.1) is 12.2 Å². The predicted molar refractivity (Wildman–Crippen MR) is 60.1 cm³/mol. The maximum absolute atomic E-state index is 11.8. The van der Waals surface area contributed by atoms with Crippen LogP contribution in [0, 0.1) is 0 Å². The molecule has 16 heavy (non-hydrogen) atoms. The van der Waals surface area contributed by atoms with Crippen molar-refractivity contribution in [1.29, 1.82) is 0 Å². The molecule has 5 nitrogen and oxygen atoms in total. The molecule has 0 radical (unpaired) electrons. The number of carbonyl (C=O) groups excluding carboxylic acids is 1. The lowest BCUT2D eigenvalue weighted by atomic mass is 10.2. The van der Waals surface area contributed by atoms with E-state index in [-0.39, 0.29) is 0 Å². The summed E-state index contributed by atoms with van der Waals surface area (Å²) in [5, 5.41) is 4.12. The molecule has 1 aliphatic carbocycles. The van der Waals surface area contributed by atoms with Crippen LogP contribution in [0.1, 0.15) is 50.0 Å². The first-order chi connectivity index (χ1) is 7.38. The maximum atomic E-state index is 11.8. The second-order valence-electron chi connectivity index (χ2n) is 5.12. The van der Waals surface area contributed by atoms with E-state index in [1.807, 2.05) is 20.8 Å². The summed E-state index contributed by atoms with van der Waals surface area (Å²) in [4.78, 5) is 11.8. The zero-order chi connectivity index (χ0) is 11.9. The number of nitrogens with zero attached hydrogens (tertiary/aromatic N) is 2. The minimum atomic E-state index is -0.509. The van der Waals surface area contributed by atoms with Crippen molar-refractivity contribution in [3.05, 3.63) is 11.8 Å². The monoisotopic (exact) mass is 223 g/mol. The van der Waals surface area contributed by atoms with Crippen LogP contribution in [-0.2, 0) is 4.74 Å². The van der Waals surface area contributed by atoms with Crippen LogP contribution >= 0.6 is 0 Å². The first kappa shape index (κ1) is 11.0. The number of nitrogens with two attached hydrogens (primary N) is 1. The highest BCUT2D eigenvalue weighted by atomic mass is 16.6. The summed E-state index contributed by atoms with van der Waals surface area (Å²) in [5.74, 6) is 0.00801. The molecule has 0 spiro atoms. The fraction of sp³-hybridized carbons (Fsp3) is 0.636. The predicted octanol–water partition coefficient (Wildman–Crippen LogP) is 1.76. The van der Waals surface area contributed by atoms with Gasteiger partial charge in [-0.15, -0.1) is 0 Å². The zero-order valence-corrected chi connectivity index (χ0v) is 9.86. The number of rotatable bonds is 2. The summed E-state index contributed by atoms with van der Waals surface area (Å²) >= 11 is 0. The Hall–Kier alpha value is -1.52. The van der Waals surface area contributed by atoms with Crippen molar-refractivity contribution in [2.75, 3.05) is 5.73 Å². The van der Waals surface area contributed by atoms with Crippen molar-refractivity contribution in [2.45, 2.75) is 45.3 Å². The van der Waals surface area contributed by atoms with Gasteiger partial charge < -0.3 is 10.5 Å². The highest BCUT2D eigenvalue weighted by Crippen LogP contribution is 2.36. The van der Waals surface area contributed by atoms with Gasteiger partial charge in [0.2, 0.25) is 0 Å². The Morgan fingerprint density at radius 2 is 2.19 bits per heavy atom. The van der Waals surface area contributed by atoms with Crippen LogP contribution in [0.4, 0.5) is 5.82 Å². The van der Waals surface area contributed by atoms with E-state index < -0.39 is 11.6 Å². The second-order valence-corrected chi connectivity index (χ2v) is 5.12. The summed E-state index contributed by atoms with van der Waals surface area (Å²) in [6, 6.07) is 0.371. The zero-order valence-electron chi connectivity index (χ0n) is 9.86. The van der Waals surface area contributed by atoms with Gasteiger partial charge in [0.1, 0.15) is 17.0 Å². The Labute approximate surface area is 94.6 Å². The fourth-order valence-electron chi connectivity index (χ4n) is 1.47. The molecule has 2 N–H and O–H groups in total. The molecule has 1 aromatic rings. The van der Waals surface area contributed by atoms with Crippen LogP contribution in [0.15, 0.2) is 6.20 Å². The molecule has 2 rings (SSSR count). The van der Waals surface area contributed by atoms with Gasteiger partial charge in [-0.2, -0.15) is 5.10 Å². The van der Waals surface area contributed by atoms with E-state index in [2.05, 4.69) is 5.10 Å². The van der Waals surface area contributed by atoms with Crippen molar-refractivity contribution >= 4 is 11.8 Å². The van der Waals surface area contributed by atoms with E-state index in [9.17, 15) is 4.79 Å². The average Bonchev–Trinajstić information content (AvgIpc) is 2.87. The molecule has 0 saturated heterocycles. The molecule has 5 heteroatoms. The van der Waals surface area contributed by atoms with Crippen LogP contribution in [0.5, 0.6) is 0 Å². The molecule has 0 unspecified atom stereocenters. The smallest absolute Gasteiger partial charge is 0.344 e. The van der Waals surface area contributed by atoms with E-state index in [4.69, 9.17) is 10.5 Å². The third-order valence-electron chi connectivity index (χ3n) is 2.35. The van der Waals surface area contributed by atoms with E-state index in [1.54, 1.807) is 4.68 Å². The highest BCUT2D eigenvalue weighted by molar-refractivity contribution is 5.94. The number of hydrogen-bond donors (Lipinski definition) is 1. The van der Waals surface area contributed by atoms with E-state index in [0.29, 0.717) is 17.4 Å². The molecular weight excluding hydrogens is 206 g/mol. The fourth-order valence-corrected chi connectivity index (χ4v) is 1.47. The topological polar surface area (TPSA) is 70.1 Å². The molecule has 1 heterocycles. The summed E-state index contributed by atoms with van der Waals surface area (Å²) in [6.07, 6.45) is 3.65. The standard InChI is InChI=1S/C11H17N3O2/c1-11(2,3)16-10(15)8-6-13-14(9(8)12)7-4-5-7/h6-7H,4-5,12H2,1-3H3. The minimum Gasteiger partial charge on any atom is -0.456 e. The quantitative estimate of drug-likeness (QED) is 0.775. The van der Waals surface area contributed by atoms with Gasteiger partial charge in [-0.25, -0.2) is 9.48 Å². The molecule has 1 saturated carbocycles. The van der Waals surface area contributed by atoms with Crippen molar-refractivity contribution in [1.82, 2.24) is 9.78 Å². The normalized spacial score (nSPS) is 16.2. The van der Waals surface area contributed by atoms with Crippen LogP contribution in [0.2, 0.25) is 0 Å². The molecule has 0 bridgehead atoms. The van der Waals surface area contributed by atoms with Gasteiger partial charge in [0.25, 0.3) is 0 Å². The molecular formula is C11H17N3O2. The van der Waals surface area contributed by atoms with E-state index >= 15 is 0 Å². The second kappa shape index (κ2) is 3.50. The van der Waals surface area contributed by atoms with Crippen molar-refractivity contribution in [3.8, 4) is 0 Å². The van der Waals surface area contributed by atoms with Gasteiger partial charge in [-0.1, -0.05) is 0 Å². The molecule has 0 atom stereocenters. The molecule has 88 valence electrons. The van der Waals surface area contributed by atoms with E-state index in [1.165, 1.54) is 6.20 Å². The van der Waals surface area contributed by atoms with Crippen LogP contribution in [0.25, 0.3) is 0 Å². The van der Waals surface area contributed by atoms with E-state index in [0.717, 1.165) is 12.8 Å². The Bertz CT molecular complexity index is 413. The lowest BCUT2D eigenvalue weighted by Gasteiger charge is -2.19. The lowest BCUT2D eigenvalue weighted by Crippen LogP contribution is -2.24. The Morgan fingerprint density at radius 1 is 1.56 bits per heavy atom. The van der Waals surface area contributed by atoms with Gasteiger partial charge in [-0.05, 0) is 33.6 Å². The van der Waals surface area contributed by atoms with Gasteiger partial charge in [-0.3, -0.25) is 0 Å². The van der Waals surface area contributed by atoms with Gasteiger partial charge >= 0.3 is 5.97 Å². The molecule has 0 aliphatic heterocycles. The Kier molecular flexibility index (Phi) is 2.40. The van der Waals surface area contributed by atoms with Crippen LogP contribution in [-0.4, -0.2) is 21.4 Å². The number of anilines is 1. The third-order valence-corrected chi connectivity index (χ3v) is 2.35. The van der Waals surface area contributed by atoms with Crippen molar-refractivity contribution in [3.63, 3.8) is 0 Å². The van der Waals surface area contributed by atoms with Crippen molar-refractivity contribution < 1.29 is 9.53 Å². The summed E-state index contributed by atoms with van der Waals surface area (Å²) in [7, 11) is 0. The third kappa shape index (κ3) is 2.18. The number of esters is 1. The van der Waals surface area contributed by atoms with Crippen LogP contribution in [0.3, 0.4) is 0 Å². The van der Waals surface area contributed by atoms with Crippen LogP contribution < -0.4 is 5.73 Å². The number of carbonyl (C=O) groups is 1. The largest absolute Gasteiger partial charge is 0.456 e. The van der Waals surface area contributed by atoms with Gasteiger partial charge in [0.15, 0.2) is 0 Å². The Balaban J connectivity index is 2.17. The highest BCUT2D eigenvalue weighted by Gasteiger charge is 2.29. The Morgan fingerprint density at radius 3 is 2.69 bits per heavy atom. The number of nitrogen functional groups attached to an aromatic ring is 1. The molecule has 1 fully saturated rings. The molecule has 0 aromatic carbocycles. The lowest BCUT2D eigenvalue weighted by molar-refractivity contribution is 0.00708. The molecule has 0 amide bonds. The number of aromatic nitrogens is 2. The van der Waals surface area contributed by atoms with Gasteiger partial charge in [0, 0.05) is 0 Å². The summed E-state index contributed by atoms with van der Waals surface area (Å²) in [5.41, 5.74) is 5.72. The number of hydrogen-bond acceptors (Lipinski definition) is 4. The first-order valence-corrected chi connectivity index (χ1v) is 5.45. The summed E-state index contributed by atoms with van der Waals surface area (Å²) in [6.45, 7) is 5.48.